The zero-order valence-corrected chi connectivity index (χ0v) is 15.1. The van der Waals surface area contributed by atoms with Gasteiger partial charge in [-0.05, 0) is 37.3 Å². The van der Waals surface area contributed by atoms with Gasteiger partial charge in [-0.25, -0.2) is 9.97 Å². The molecule has 3 N–H and O–H groups in total. The number of ether oxygens (including phenoxy) is 1. The lowest BCUT2D eigenvalue weighted by Gasteiger charge is -2.30. The van der Waals surface area contributed by atoms with Gasteiger partial charge in [0.15, 0.2) is 0 Å². The van der Waals surface area contributed by atoms with E-state index in [9.17, 15) is 0 Å². The maximum absolute atomic E-state index is 5.85. The van der Waals surface area contributed by atoms with Crippen LogP contribution >= 0.6 is 0 Å². The highest BCUT2D eigenvalue weighted by Gasteiger charge is 2.34. The SMILES string of the molecule is CO[C@@H]1C[C@H](CNC2CCCc3cccnc32)N(c2cc(N)ncn2)C1. The summed E-state index contributed by atoms with van der Waals surface area (Å²) in [6.45, 7) is 1.68. The van der Waals surface area contributed by atoms with Gasteiger partial charge in [-0.15, -0.1) is 0 Å². The van der Waals surface area contributed by atoms with Crippen molar-refractivity contribution in [3.63, 3.8) is 0 Å². The molecule has 0 amide bonds. The molecule has 26 heavy (non-hydrogen) atoms. The summed E-state index contributed by atoms with van der Waals surface area (Å²) in [5.74, 6) is 1.36. The highest BCUT2D eigenvalue weighted by molar-refractivity contribution is 5.48. The molecule has 0 radical (unpaired) electrons. The van der Waals surface area contributed by atoms with Crippen LogP contribution in [0.4, 0.5) is 11.6 Å². The Morgan fingerprint density at radius 3 is 3.12 bits per heavy atom. The van der Waals surface area contributed by atoms with Crippen LogP contribution in [0.1, 0.15) is 36.6 Å². The van der Waals surface area contributed by atoms with Crippen LogP contribution in [0.25, 0.3) is 0 Å². The quantitative estimate of drug-likeness (QED) is 0.845. The van der Waals surface area contributed by atoms with Crippen molar-refractivity contribution < 1.29 is 4.74 Å². The van der Waals surface area contributed by atoms with E-state index >= 15 is 0 Å². The van der Waals surface area contributed by atoms with Gasteiger partial charge in [0.25, 0.3) is 0 Å². The molecule has 4 rings (SSSR count). The predicted molar refractivity (Wildman–Crippen MR) is 101 cm³/mol. The molecule has 7 nitrogen and oxygen atoms in total. The van der Waals surface area contributed by atoms with Gasteiger partial charge in [0, 0.05) is 44.5 Å². The number of nitrogen functional groups attached to an aromatic ring is 1. The Labute approximate surface area is 154 Å². The normalized spacial score (nSPS) is 25.3. The summed E-state index contributed by atoms with van der Waals surface area (Å²) in [7, 11) is 1.77. The second kappa shape index (κ2) is 7.55. The minimum absolute atomic E-state index is 0.203. The van der Waals surface area contributed by atoms with E-state index in [2.05, 4.69) is 31.2 Å². The van der Waals surface area contributed by atoms with E-state index in [4.69, 9.17) is 10.5 Å². The molecule has 2 aromatic heterocycles. The van der Waals surface area contributed by atoms with Crippen molar-refractivity contribution in [3.05, 3.63) is 42.0 Å². The highest BCUT2D eigenvalue weighted by Crippen LogP contribution is 2.30. The molecule has 3 heterocycles. The van der Waals surface area contributed by atoms with E-state index in [0.717, 1.165) is 38.2 Å². The first kappa shape index (κ1) is 17.2. The monoisotopic (exact) mass is 354 g/mol. The molecule has 7 heteroatoms. The number of nitrogens with zero attached hydrogens (tertiary/aromatic N) is 4. The summed E-state index contributed by atoms with van der Waals surface area (Å²) >= 11 is 0. The topological polar surface area (TPSA) is 89.2 Å². The van der Waals surface area contributed by atoms with Crippen LogP contribution in [0.5, 0.6) is 0 Å². The first-order valence-electron chi connectivity index (χ1n) is 9.28. The Hall–Kier alpha value is -2.25. The Kier molecular flexibility index (Phi) is 4.99. The van der Waals surface area contributed by atoms with Crippen molar-refractivity contribution in [2.75, 3.05) is 30.8 Å². The van der Waals surface area contributed by atoms with Crippen LogP contribution in [-0.4, -0.2) is 47.3 Å². The number of pyridine rings is 1. The van der Waals surface area contributed by atoms with Crippen molar-refractivity contribution >= 4 is 11.6 Å². The van der Waals surface area contributed by atoms with E-state index in [1.807, 2.05) is 18.3 Å². The van der Waals surface area contributed by atoms with Crippen molar-refractivity contribution in [1.29, 1.82) is 0 Å². The number of anilines is 2. The number of hydrogen-bond donors (Lipinski definition) is 2. The van der Waals surface area contributed by atoms with Gasteiger partial charge >= 0.3 is 0 Å². The predicted octanol–water partition coefficient (Wildman–Crippen LogP) is 1.71. The second-order valence-corrected chi connectivity index (χ2v) is 7.10. The number of nitrogens with two attached hydrogens (primary N) is 1. The van der Waals surface area contributed by atoms with Crippen LogP contribution in [-0.2, 0) is 11.2 Å². The summed E-state index contributed by atoms with van der Waals surface area (Å²) in [6, 6.07) is 6.69. The number of hydrogen-bond acceptors (Lipinski definition) is 7. The third kappa shape index (κ3) is 3.50. The standard InChI is InChI=1S/C19H26N6O/c1-26-15-8-14(25(11-15)18-9-17(20)23-12-24-18)10-22-16-6-2-4-13-5-3-7-21-19(13)16/h3,5,7,9,12,14-16,22H,2,4,6,8,10-11H2,1H3,(H2,20,23,24)/t14-,15-,16?/m1/s1. The van der Waals surface area contributed by atoms with Crippen LogP contribution in [0.15, 0.2) is 30.7 Å². The number of aromatic nitrogens is 3. The molecular weight excluding hydrogens is 328 g/mol. The lowest BCUT2D eigenvalue weighted by atomic mass is 9.92. The lowest BCUT2D eigenvalue weighted by Crippen LogP contribution is -2.40. The van der Waals surface area contributed by atoms with Crippen molar-refractivity contribution in [2.45, 2.75) is 43.9 Å². The molecule has 0 aromatic carbocycles. The summed E-state index contributed by atoms with van der Waals surface area (Å²) in [5, 5.41) is 3.74. The number of aryl methyl sites for hydroxylation is 1. The first-order chi connectivity index (χ1) is 12.7. The number of rotatable bonds is 5. The van der Waals surface area contributed by atoms with E-state index in [-0.39, 0.29) is 6.10 Å². The molecule has 138 valence electrons. The largest absolute Gasteiger partial charge is 0.384 e. The number of nitrogens with one attached hydrogen (secondary N) is 1. The average molecular weight is 354 g/mol. The molecule has 1 aliphatic carbocycles. The van der Waals surface area contributed by atoms with Crippen LogP contribution in [0, 0.1) is 0 Å². The fraction of sp³-hybridized carbons (Fsp3) is 0.526. The molecule has 0 spiro atoms. The molecule has 2 aromatic rings. The van der Waals surface area contributed by atoms with Crippen molar-refractivity contribution in [1.82, 2.24) is 20.3 Å². The molecule has 0 saturated carbocycles. The van der Waals surface area contributed by atoms with Crippen LogP contribution < -0.4 is 16.0 Å². The van der Waals surface area contributed by atoms with Crippen LogP contribution in [0.2, 0.25) is 0 Å². The Morgan fingerprint density at radius 2 is 2.27 bits per heavy atom. The Bertz CT molecular complexity index is 754. The van der Waals surface area contributed by atoms with Crippen molar-refractivity contribution in [2.24, 2.45) is 0 Å². The highest BCUT2D eigenvalue weighted by atomic mass is 16.5. The van der Waals surface area contributed by atoms with Gasteiger partial charge in [-0.3, -0.25) is 4.98 Å². The molecule has 2 aliphatic rings. The number of fused-ring (bicyclic) bond motifs is 1. The van der Waals surface area contributed by atoms with Gasteiger partial charge in [0.05, 0.1) is 11.8 Å². The zero-order chi connectivity index (χ0) is 17.9. The summed E-state index contributed by atoms with van der Waals surface area (Å²) in [6.07, 6.45) is 8.05. The third-order valence-electron chi connectivity index (χ3n) is 5.47. The van der Waals surface area contributed by atoms with E-state index in [0.29, 0.717) is 17.9 Å². The van der Waals surface area contributed by atoms with Gasteiger partial charge < -0.3 is 20.7 Å². The smallest absolute Gasteiger partial charge is 0.134 e. The Balaban J connectivity index is 1.48. The second-order valence-electron chi connectivity index (χ2n) is 7.10. The maximum atomic E-state index is 5.85. The average Bonchev–Trinajstić information content (AvgIpc) is 3.10. The van der Waals surface area contributed by atoms with Crippen LogP contribution in [0.3, 0.4) is 0 Å². The molecule has 1 aliphatic heterocycles. The van der Waals surface area contributed by atoms with Gasteiger partial charge in [0.2, 0.25) is 0 Å². The molecule has 1 saturated heterocycles. The van der Waals surface area contributed by atoms with E-state index in [1.54, 1.807) is 7.11 Å². The fourth-order valence-electron chi connectivity index (χ4n) is 4.12. The summed E-state index contributed by atoms with van der Waals surface area (Å²) in [4.78, 5) is 15.3. The first-order valence-corrected chi connectivity index (χ1v) is 9.28. The molecular formula is C19H26N6O. The molecule has 1 unspecified atom stereocenters. The lowest BCUT2D eigenvalue weighted by molar-refractivity contribution is 0.118. The fourth-order valence-corrected chi connectivity index (χ4v) is 4.12. The summed E-state index contributed by atoms with van der Waals surface area (Å²) in [5.41, 5.74) is 8.43. The van der Waals surface area contributed by atoms with Gasteiger partial charge in [-0.2, -0.15) is 0 Å². The molecule has 1 fully saturated rings. The van der Waals surface area contributed by atoms with E-state index in [1.165, 1.54) is 24.0 Å². The minimum atomic E-state index is 0.203. The van der Waals surface area contributed by atoms with E-state index < -0.39 is 0 Å². The van der Waals surface area contributed by atoms with Gasteiger partial charge in [0.1, 0.15) is 18.0 Å². The third-order valence-corrected chi connectivity index (χ3v) is 5.47. The minimum Gasteiger partial charge on any atom is -0.384 e. The molecule has 3 atom stereocenters. The van der Waals surface area contributed by atoms with Crippen molar-refractivity contribution in [3.8, 4) is 0 Å². The zero-order valence-electron chi connectivity index (χ0n) is 15.1. The summed E-state index contributed by atoms with van der Waals surface area (Å²) < 4.78 is 5.61. The molecule has 0 bridgehead atoms. The van der Waals surface area contributed by atoms with Gasteiger partial charge in [-0.1, -0.05) is 6.07 Å². The Morgan fingerprint density at radius 1 is 1.35 bits per heavy atom. The maximum Gasteiger partial charge on any atom is 0.134 e. The number of methoxy groups -OCH3 is 1.